The first-order chi connectivity index (χ1) is 15.2. The quantitative estimate of drug-likeness (QED) is 0.281. The third-order valence-electron chi connectivity index (χ3n) is 4.64. The maximum absolute atomic E-state index is 12.9. The minimum Gasteiger partial charge on any atom is -0.508 e. The lowest BCUT2D eigenvalue weighted by molar-refractivity contribution is -0.142. The first-order valence-corrected chi connectivity index (χ1v) is 9.78. The number of phenols is 1. The van der Waals surface area contributed by atoms with Crippen molar-refractivity contribution < 1.29 is 34.5 Å². The van der Waals surface area contributed by atoms with Gasteiger partial charge in [0.15, 0.2) is 0 Å². The summed E-state index contributed by atoms with van der Waals surface area (Å²) in [5.74, 6) is -4.12. The van der Waals surface area contributed by atoms with Gasteiger partial charge in [-0.3, -0.25) is 14.4 Å². The van der Waals surface area contributed by atoms with Crippen LogP contribution in [0, 0.1) is 0 Å². The lowest BCUT2D eigenvalue weighted by Gasteiger charge is -2.23. The van der Waals surface area contributed by atoms with Crippen LogP contribution in [0.2, 0.25) is 0 Å². The highest BCUT2D eigenvalue weighted by Crippen LogP contribution is 2.12. The molecule has 0 aliphatic heterocycles. The Balaban J connectivity index is 2.16. The Hall–Kier alpha value is -3.92. The van der Waals surface area contributed by atoms with Gasteiger partial charge in [-0.1, -0.05) is 42.5 Å². The molecule has 0 radical (unpaired) electrons. The number of benzene rings is 2. The van der Waals surface area contributed by atoms with E-state index in [0.29, 0.717) is 11.1 Å². The Kier molecular flexibility index (Phi) is 8.72. The van der Waals surface area contributed by atoms with Gasteiger partial charge >= 0.3 is 11.9 Å². The first kappa shape index (κ1) is 24.4. The summed E-state index contributed by atoms with van der Waals surface area (Å²) in [6.45, 7) is 0. The third kappa shape index (κ3) is 7.73. The summed E-state index contributed by atoms with van der Waals surface area (Å²) in [5.41, 5.74) is 6.86. The molecule has 2 rings (SSSR count). The van der Waals surface area contributed by atoms with E-state index in [0.717, 1.165) is 0 Å². The van der Waals surface area contributed by atoms with Crippen molar-refractivity contribution in [2.24, 2.45) is 5.73 Å². The number of rotatable bonds is 11. The number of aromatic hydroxyl groups is 1. The number of carboxylic acids is 2. The Labute approximate surface area is 184 Å². The lowest BCUT2D eigenvalue weighted by Crippen LogP contribution is -2.55. The number of carbonyl (C=O) groups excluding carboxylic acids is 2. The summed E-state index contributed by atoms with van der Waals surface area (Å²) in [4.78, 5) is 47.7. The van der Waals surface area contributed by atoms with Crippen molar-refractivity contribution >= 4 is 23.8 Å². The van der Waals surface area contributed by atoms with E-state index in [9.17, 15) is 29.4 Å². The molecular formula is C22H25N3O7. The number of hydrogen-bond donors (Lipinski definition) is 6. The van der Waals surface area contributed by atoms with Crippen molar-refractivity contribution in [1.82, 2.24) is 10.6 Å². The average molecular weight is 443 g/mol. The van der Waals surface area contributed by atoms with E-state index in [4.69, 9.17) is 10.8 Å². The third-order valence-corrected chi connectivity index (χ3v) is 4.64. The van der Waals surface area contributed by atoms with Crippen molar-refractivity contribution in [3.8, 4) is 5.75 Å². The number of hydrogen-bond acceptors (Lipinski definition) is 6. The molecule has 0 spiro atoms. The number of carboxylic acid groups (broad SMARTS) is 2. The molecule has 0 saturated carbocycles. The SMILES string of the molecule is N[C@@H](CC(=O)O)C(=O)N[C@@H](Cc1ccccc1)C(=O)N[C@@H](Cc1ccc(O)cc1)C(=O)O. The second-order valence-corrected chi connectivity index (χ2v) is 7.23. The molecule has 0 bridgehead atoms. The van der Waals surface area contributed by atoms with Gasteiger partial charge in [-0.2, -0.15) is 0 Å². The van der Waals surface area contributed by atoms with Crippen molar-refractivity contribution in [1.29, 1.82) is 0 Å². The van der Waals surface area contributed by atoms with E-state index in [1.54, 1.807) is 30.3 Å². The highest BCUT2D eigenvalue weighted by Gasteiger charge is 2.29. The zero-order valence-corrected chi connectivity index (χ0v) is 17.1. The zero-order valence-electron chi connectivity index (χ0n) is 17.1. The fourth-order valence-corrected chi connectivity index (χ4v) is 2.96. The molecular weight excluding hydrogens is 418 g/mol. The smallest absolute Gasteiger partial charge is 0.326 e. The zero-order chi connectivity index (χ0) is 23.7. The maximum Gasteiger partial charge on any atom is 0.326 e. The monoisotopic (exact) mass is 443 g/mol. The molecule has 2 amide bonds. The number of nitrogens with one attached hydrogen (secondary N) is 2. The van der Waals surface area contributed by atoms with Crippen LogP contribution in [0.1, 0.15) is 17.5 Å². The second kappa shape index (κ2) is 11.5. The number of carbonyl (C=O) groups is 4. The minimum atomic E-state index is -1.37. The minimum absolute atomic E-state index is 0.0213. The van der Waals surface area contributed by atoms with Crippen LogP contribution >= 0.6 is 0 Å². The van der Waals surface area contributed by atoms with E-state index in [-0.39, 0.29) is 18.6 Å². The Morgan fingerprint density at radius 1 is 0.781 bits per heavy atom. The largest absolute Gasteiger partial charge is 0.508 e. The van der Waals surface area contributed by atoms with Gasteiger partial charge in [0.05, 0.1) is 12.5 Å². The highest BCUT2D eigenvalue weighted by molar-refractivity contribution is 5.93. The van der Waals surface area contributed by atoms with Gasteiger partial charge in [-0.25, -0.2) is 4.79 Å². The van der Waals surface area contributed by atoms with Gasteiger partial charge in [0.25, 0.3) is 0 Å². The van der Waals surface area contributed by atoms with Crippen molar-refractivity contribution in [2.75, 3.05) is 0 Å². The Morgan fingerprint density at radius 2 is 1.31 bits per heavy atom. The summed E-state index contributed by atoms with van der Waals surface area (Å²) >= 11 is 0. The van der Waals surface area contributed by atoms with Gasteiger partial charge in [0.1, 0.15) is 17.8 Å². The number of phenolic OH excluding ortho intramolecular Hbond substituents is 1. The van der Waals surface area contributed by atoms with E-state index in [2.05, 4.69) is 10.6 Å². The molecule has 0 aliphatic rings. The van der Waals surface area contributed by atoms with Crippen LogP contribution in [0.5, 0.6) is 5.75 Å². The molecule has 2 aromatic rings. The standard InChI is InChI=1S/C22H25N3O7/c23-16(12-19(27)28)20(29)24-17(10-13-4-2-1-3-5-13)21(30)25-18(22(31)32)11-14-6-8-15(26)9-7-14/h1-9,16-18,26H,10-12,23H2,(H,24,29)(H,25,30)(H,27,28)(H,31,32)/t16-,17-,18-/m0/s1. The summed E-state index contributed by atoms with van der Waals surface area (Å²) in [7, 11) is 0. The first-order valence-electron chi connectivity index (χ1n) is 9.78. The van der Waals surface area contributed by atoms with Crippen molar-refractivity contribution in [3.05, 3.63) is 65.7 Å². The molecule has 0 saturated heterocycles. The summed E-state index contributed by atoms with van der Waals surface area (Å²) in [5, 5.41) is 32.6. The summed E-state index contributed by atoms with van der Waals surface area (Å²) < 4.78 is 0. The lowest BCUT2D eigenvalue weighted by atomic mass is 10.0. The molecule has 0 heterocycles. The fourth-order valence-electron chi connectivity index (χ4n) is 2.96. The topological polar surface area (TPSA) is 179 Å². The van der Waals surface area contributed by atoms with Crippen LogP contribution in [0.3, 0.4) is 0 Å². The Morgan fingerprint density at radius 3 is 1.88 bits per heavy atom. The van der Waals surface area contributed by atoms with Gasteiger partial charge in [-0.15, -0.1) is 0 Å². The Bertz CT molecular complexity index is 948. The van der Waals surface area contributed by atoms with Crippen LogP contribution in [0.4, 0.5) is 0 Å². The fraction of sp³-hybridized carbons (Fsp3) is 0.273. The number of amides is 2. The van der Waals surface area contributed by atoms with E-state index in [1.165, 1.54) is 24.3 Å². The molecule has 0 fully saturated rings. The van der Waals surface area contributed by atoms with Gasteiger partial charge in [-0.05, 0) is 23.3 Å². The van der Waals surface area contributed by atoms with Gasteiger partial charge in [0.2, 0.25) is 11.8 Å². The average Bonchev–Trinajstić information content (AvgIpc) is 2.74. The van der Waals surface area contributed by atoms with Crippen molar-refractivity contribution in [2.45, 2.75) is 37.4 Å². The normalized spacial score (nSPS) is 13.4. The molecule has 2 aromatic carbocycles. The van der Waals surface area contributed by atoms with Crippen molar-refractivity contribution in [3.63, 3.8) is 0 Å². The molecule has 0 aliphatic carbocycles. The molecule has 0 aromatic heterocycles. The maximum atomic E-state index is 12.9. The van der Waals surface area contributed by atoms with Crippen LogP contribution in [0.25, 0.3) is 0 Å². The van der Waals surface area contributed by atoms with Gasteiger partial charge in [0, 0.05) is 12.8 Å². The highest BCUT2D eigenvalue weighted by atomic mass is 16.4. The molecule has 170 valence electrons. The molecule has 0 unspecified atom stereocenters. The predicted octanol–water partition coefficient (Wildman–Crippen LogP) is 0.0336. The molecule has 3 atom stereocenters. The van der Waals surface area contributed by atoms with Crippen LogP contribution in [0.15, 0.2) is 54.6 Å². The van der Waals surface area contributed by atoms with Crippen LogP contribution < -0.4 is 16.4 Å². The van der Waals surface area contributed by atoms with Crippen LogP contribution in [-0.4, -0.2) is 57.2 Å². The van der Waals surface area contributed by atoms with E-state index in [1.807, 2.05) is 0 Å². The second-order valence-electron chi connectivity index (χ2n) is 7.23. The van der Waals surface area contributed by atoms with Gasteiger partial charge < -0.3 is 31.7 Å². The van der Waals surface area contributed by atoms with E-state index >= 15 is 0 Å². The predicted molar refractivity (Wildman–Crippen MR) is 114 cm³/mol. The van der Waals surface area contributed by atoms with Crippen LogP contribution in [-0.2, 0) is 32.0 Å². The molecule has 10 nitrogen and oxygen atoms in total. The summed E-state index contributed by atoms with van der Waals surface area (Å²) in [6, 6.07) is 10.8. The molecule has 32 heavy (non-hydrogen) atoms. The molecule has 7 N–H and O–H groups in total. The molecule has 10 heteroatoms. The number of nitrogens with two attached hydrogens (primary N) is 1. The summed E-state index contributed by atoms with van der Waals surface area (Å²) in [6.07, 6.45) is -0.625. The van der Waals surface area contributed by atoms with E-state index < -0.39 is 48.3 Å². The number of aliphatic carboxylic acids is 2.